The van der Waals surface area contributed by atoms with Crippen molar-refractivity contribution >= 4 is 0 Å². The summed E-state index contributed by atoms with van der Waals surface area (Å²) in [6, 6.07) is 0. The molecule has 1 heterocycles. The van der Waals surface area contributed by atoms with Crippen LogP contribution in [-0.2, 0) is 4.74 Å². The zero-order valence-electron chi connectivity index (χ0n) is 9.07. The Morgan fingerprint density at radius 2 is 2.07 bits per heavy atom. The van der Waals surface area contributed by atoms with Gasteiger partial charge < -0.3 is 9.84 Å². The van der Waals surface area contributed by atoms with Crippen LogP contribution in [-0.4, -0.2) is 18.0 Å². The van der Waals surface area contributed by atoms with E-state index in [9.17, 15) is 5.11 Å². The van der Waals surface area contributed by atoms with Gasteiger partial charge in [-0.05, 0) is 42.9 Å². The highest BCUT2D eigenvalue weighted by molar-refractivity contribution is 5.08. The maximum Gasteiger partial charge on any atom is 0.160 e. The Hall–Kier alpha value is -0.0800. The standard InChI is InChI=1S/C12H20O2/c1-7-8(2)10-5-9(7)6-12(10)3-4-14-11(12)13/h7-11,13H,3-6H2,1-2H3. The maximum atomic E-state index is 9.98. The lowest BCUT2D eigenvalue weighted by Gasteiger charge is -2.41. The molecule has 3 rings (SSSR count). The first-order valence-corrected chi connectivity index (χ1v) is 5.95. The van der Waals surface area contributed by atoms with Gasteiger partial charge in [0.2, 0.25) is 0 Å². The lowest BCUT2D eigenvalue weighted by Crippen LogP contribution is -2.41. The zero-order valence-corrected chi connectivity index (χ0v) is 9.07. The van der Waals surface area contributed by atoms with Gasteiger partial charge in [-0.2, -0.15) is 0 Å². The average Bonchev–Trinajstić information content (AvgIpc) is 2.77. The Labute approximate surface area is 85.6 Å². The van der Waals surface area contributed by atoms with Crippen LogP contribution < -0.4 is 0 Å². The van der Waals surface area contributed by atoms with Crippen LogP contribution in [0.5, 0.6) is 0 Å². The molecule has 6 atom stereocenters. The van der Waals surface area contributed by atoms with Gasteiger partial charge in [-0.3, -0.25) is 0 Å². The molecule has 2 bridgehead atoms. The summed E-state index contributed by atoms with van der Waals surface area (Å²) in [5.74, 6) is 3.22. The van der Waals surface area contributed by atoms with Crippen LogP contribution in [0.25, 0.3) is 0 Å². The molecule has 1 spiro atoms. The smallest absolute Gasteiger partial charge is 0.160 e. The molecule has 1 aliphatic heterocycles. The minimum atomic E-state index is -0.465. The molecule has 0 aromatic heterocycles. The number of hydrogen-bond acceptors (Lipinski definition) is 2. The Kier molecular flexibility index (Phi) is 1.79. The summed E-state index contributed by atoms with van der Waals surface area (Å²) in [4.78, 5) is 0. The number of aliphatic hydroxyl groups excluding tert-OH is 1. The molecule has 1 N–H and O–H groups in total. The van der Waals surface area contributed by atoms with Gasteiger partial charge in [-0.25, -0.2) is 0 Å². The lowest BCUT2D eigenvalue weighted by molar-refractivity contribution is -0.143. The van der Waals surface area contributed by atoms with Crippen LogP contribution in [0.2, 0.25) is 0 Å². The fourth-order valence-corrected chi connectivity index (χ4v) is 4.44. The van der Waals surface area contributed by atoms with Gasteiger partial charge in [0.15, 0.2) is 6.29 Å². The fraction of sp³-hybridized carbons (Fsp3) is 1.00. The molecule has 14 heavy (non-hydrogen) atoms. The molecular formula is C12H20O2. The van der Waals surface area contributed by atoms with Gasteiger partial charge in [-0.15, -0.1) is 0 Å². The Balaban J connectivity index is 1.92. The van der Waals surface area contributed by atoms with Crippen molar-refractivity contribution in [2.45, 2.75) is 39.4 Å². The molecule has 0 aromatic carbocycles. The Bertz CT molecular complexity index is 251. The predicted molar refractivity (Wildman–Crippen MR) is 53.6 cm³/mol. The van der Waals surface area contributed by atoms with E-state index in [4.69, 9.17) is 4.74 Å². The van der Waals surface area contributed by atoms with Crippen molar-refractivity contribution in [1.29, 1.82) is 0 Å². The largest absolute Gasteiger partial charge is 0.367 e. The van der Waals surface area contributed by atoms with Gasteiger partial charge in [0.25, 0.3) is 0 Å². The Morgan fingerprint density at radius 1 is 1.29 bits per heavy atom. The van der Waals surface area contributed by atoms with E-state index in [1.807, 2.05) is 0 Å². The average molecular weight is 196 g/mol. The van der Waals surface area contributed by atoms with Crippen molar-refractivity contribution in [2.75, 3.05) is 6.61 Å². The number of aliphatic hydroxyl groups is 1. The Morgan fingerprint density at radius 3 is 2.57 bits per heavy atom. The maximum absolute atomic E-state index is 9.98. The van der Waals surface area contributed by atoms with E-state index in [0.29, 0.717) is 0 Å². The molecule has 0 aromatic rings. The fourth-order valence-electron chi connectivity index (χ4n) is 4.44. The predicted octanol–water partition coefficient (Wildman–Crippen LogP) is 2.02. The highest BCUT2D eigenvalue weighted by Crippen LogP contribution is 2.65. The van der Waals surface area contributed by atoms with E-state index >= 15 is 0 Å². The lowest BCUT2D eigenvalue weighted by atomic mass is 9.64. The molecule has 2 aliphatic carbocycles. The normalized spacial score (nSPS) is 61.5. The molecule has 0 radical (unpaired) electrons. The highest BCUT2D eigenvalue weighted by atomic mass is 16.6. The number of rotatable bonds is 0. The van der Waals surface area contributed by atoms with Crippen molar-refractivity contribution in [2.24, 2.45) is 29.1 Å². The van der Waals surface area contributed by atoms with Crippen LogP contribution >= 0.6 is 0 Å². The van der Waals surface area contributed by atoms with Gasteiger partial charge in [0.1, 0.15) is 0 Å². The topological polar surface area (TPSA) is 29.5 Å². The van der Waals surface area contributed by atoms with Gasteiger partial charge in [-0.1, -0.05) is 13.8 Å². The molecule has 80 valence electrons. The minimum absolute atomic E-state index is 0.149. The monoisotopic (exact) mass is 196 g/mol. The molecule has 3 aliphatic rings. The molecule has 3 fully saturated rings. The van der Waals surface area contributed by atoms with Crippen molar-refractivity contribution in [3.8, 4) is 0 Å². The van der Waals surface area contributed by atoms with Crippen LogP contribution in [0.15, 0.2) is 0 Å². The summed E-state index contributed by atoms with van der Waals surface area (Å²) < 4.78 is 5.38. The minimum Gasteiger partial charge on any atom is -0.367 e. The van der Waals surface area contributed by atoms with Crippen LogP contribution in [0.3, 0.4) is 0 Å². The van der Waals surface area contributed by atoms with Crippen LogP contribution in [0.4, 0.5) is 0 Å². The third-order valence-corrected chi connectivity index (χ3v) is 5.48. The first kappa shape index (κ1) is 9.17. The SMILES string of the molecule is CC1C2CC(C1C)C1(CCOC1O)C2. The second-order valence-corrected chi connectivity index (χ2v) is 5.73. The van der Waals surface area contributed by atoms with Crippen molar-refractivity contribution < 1.29 is 9.84 Å². The summed E-state index contributed by atoms with van der Waals surface area (Å²) >= 11 is 0. The molecular weight excluding hydrogens is 176 g/mol. The summed E-state index contributed by atoms with van der Waals surface area (Å²) in [7, 11) is 0. The van der Waals surface area contributed by atoms with Crippen molar-refractivity contribution in [3.05, 3.63) is 0 Å². The van der Waals surface area contributed by atoms with Gasteiger partial charge in [0.05, 0.1) is 6.61 Å². The van der Waals surface area contributed by atoms with Gasteiger partial charge in [0, 0.05) is 5.41 Å². The van der Waals surface area contributed by atoms with Gasteiger partial charge >= 0.3 is 0 Å². The first-order valence-electron chi connectivity index (χ1n) is 5.95. The van der Waals surface area contributed by atoms with Crippen LogP contribution in [0, 0.1) is 29.1 Å². The molecule has 1 saturated heterocycles. The molecule has 0 amide bonds. The molecule has 2 nitrogen and oxygen atoms in total. The summed E-state index contributed by atoms with van der Waals surface area (Å²) in [6.07, 6.45) is 3.17. The summed E-state index contributed by atoms with van der Waals surface area (Å²) in [5, 5.41) is 9.98. The van der Waals surface area contributed by atoms with E-state index in [-0.39, 0.29) is 5.41 Å². The third-order valence-electron chi connectivity index (χ3n) is 5.48. The molecule has 6 unspecified atom stereocenters. The van der Waals surface area contributed by atoms with Crippen LogP contribution in [0.1, 0.15) is 33.1 Å². The molecule has 2 saturated carbocycles. The van der Waals surface area contributed by atoms with E-state index in [1.165, 1.54) is 12.8 Å². The highest BCUT2D eigenvalue weighted by Gasteiger charge is 2.61. The molecule has 2 heteroatoms. The summed E-state index contributed by atoms with van der Waals surface area (Å²) in [5.41, 5.74) is 0.149. The van der Waals surface area contributed by atoms with E-state index in [2.05, 4.69) is 13.8 Å². The van der Waals surface area contributed by atoms with E-state index < -0.39 is 6.29 Å². The number of hydrogen-bond donors (Lipinski definition) is 1. The quantitative estimate of drug-likeness (QED) is 0.642. The van der Waals surface area contributed by atoms with Crippen molar-refractivity contribution in [1.82, 2.24) is 0 Å². The van der Waals surface area contributed by atoms with E-state index in [0.717, 1.165) is 36.7 Å². The van der Waals surface area contributed by atoms with E-state index in [1.54, 1.807) is 0 Å². The second kappa shape index (κ2) is 2.73. The third kappa shape index (κ3) is 0.892. The second-order valence-electron chi connectivity index (χ2n) is 5.73. The van der Waals surface area contributed by atoms with Crippen molar-refractivity contribution in [3.63, 3.8) is 0 Å². The number of fused-ring (bicyclic) bond motifs is 3. The number of ether oxygens (including phenoxy) is 1. The summed E-state index contributed by atoms with van der Waals surface area (Å²) in [6.45, 7) is 5.51. The zero-order chi connectivity index (χ0) is 9.92. The first-order chi connectivity index (χ1) is 6.65.